The molecular weight excluding hydrogens is 513 g/mol. The van der Waals surface area contributed by atoms with E-state index in [4.69, 9.17) is 9.47 Å². The molecule has 9 heteroatoms. The second-order valence-electron chi connectivity index (χ2n) is 6.92. The summed E-state index contributed by atoms with van der Waals surface area (Å²) in [6.45, 7) is 7.53. The van der Waals surface area contributed by atoms with Crippen molar-refractivity contribution >= 4 is 41.3 Å². The van der Waals surface area contributed by atoms with Crippen molar-refractivity contribution in [2.75, 3.05) is 47.4 Å². The van der Waals surface area contributed by atoms with Crippen LogP contribution in [0, 0.1) is 0 Å². The summed E-state index contributed by atoms with van der Waals surface area (Å²) in [5, 5.41) is 4.56. The Hall–Kier alpha value is -1.59. The maximum absolute atomic E-state index is 5.52. The Kier molecular flexibility index (Phi) is 10.1. The SMILES string of the molecule is CCc1cnc(CNC(=NC)N2CCN(Cc3cc(OC)ccc3OC)CC2)s1.I. The smallest absolute Gasteiger partial charge is 0.194 e. The Morgan fingerprint density at radius 2 is 1.97 bits per heavy atom. The van der Waals surface area contributed by atoms with Crippen molar-refractivity contribution in [2.45, 2.75) is 26.4 Å². The number of aromatic nitrogens is 1. The fourth-order valence-corrected chi connectivity index (χ4v) is 4.25. The van der Waals surface area contributed by atoms with Crippen LogP contribution in [0.3, 0.4) is 0 Å². The first-order valence-corrected chi connectivity index (χ1v) is 10.8. The van der Waals surface area contributed by atoms with E-state index >= 15 is 0 Å². The van der Waals surface area contributed by atoms with Crippen LogP contribution in [0.1, 0.15) is 22.4 Å². The van der Waals surface area contributed by atoms with Gasteiger partial charge in [-0.1, -0.05) is 6.92 Å². The number of ether oxygens (including phenoxy) is 2. The van der Waals surface area contributed by atoms with Gasteiger partial charge >= 0.3 is 0 Å². The lowest BCUT2D eigenvalue weighted by molar-refractivity contribution is 0.171. The molecule has 0 aliphatic carbocycles. The molecule has 1 saturated heterocycles. The number of aryl methyl sites for hydroxylation is 1. The van der Waals surface area contributed by atoms with Crippen LogP contribution < -0.4 is 14.8 Å². The fraction of sp³-hybridized carbons (Fsp3) is 0.524. The molecule has 1 fully saturated rings. The van der Waals surface area contributed by atoms with Gasteiger partial charge in [0.25, 0.3) is 0 Å². The summed E-state index contributed by atoms with van der Waals surface area (Å²) in [4.78, 5) is 15.0. The van der Waals surface area contributed by atoms with Gasteiger partial charge in [0.1, 0.15) is 16.5 Å². The maximum Gasteiger partial charge on any atom is 0.194 e. The maximum atomic E-state index is 5.52. The summed E-state index contributed by atoms with van der Waals surface area (Å²) in [7, 11) is 5.25. The minimum Gasteiger partial charge on any atom is -0.497 e. The quantitative estimate of drug-likeness (QED) is 0.328. The number of piperazine rings is 1. The lowest BCUT2D eigenvalue weighted by Gasteiger charge is -2.36. The van der Waals surface area contributed by atoms with E-state index in [1.54, 1.807) is 25.6 Å². The predicted molar refractivity (Wildman–Crippen MR) is 134 cm³/mol. The highest BCUT2D eigenvalue weighted by Gasteiger charge is 2.21. The number of methoxy groups -OCH3 is 2. The van der Waals surface area contributed by atoms with Crippen LogP contribution in [0.25, 0.3) is 0 Å². The first kappa shape index (κ1) is 24.7. The van der Waals surface area contributed by atoms with Crippen LogP contribution in [0.15, 0.2) is 29.4 Å². The van der Waals surface area contributed by atoms with Crippen LogP contribution in [0.2, 0.25) is 0 Å². The van der Waals surface area contributed by atoms with E-state index in [0.717, 1.165) is 73.7 Å². The number of nitrogens with zero attached hydrogens (tertiary/aromatic N) is 4. The van der Waals surface area contributed by atoms with E-state index in [2.05, 4.69) is 38.1 Å². The third kappa shape index (κ3) is 6.45. The van der Waals surface area contributed by atoms with Crippen LogP contribution in [-0.4, -0.2) is 68.2 Å². The molecule has 0 bridgehead atoms. The van der Waals surface area contributed by atoms with Crippen LogP contribution in [0.4, 0.5) is 0 Å². The van der Waals surface area contributed by atoms with Crippen molar-refractivity contribution in [3.63, 3.8) is 0 Å². The van der Waals surface area contributed by atoms with Crippen molar-refractivity contribution in [1.29, 1.82) is 0 Å². The molecule has 1 aliphatic heterocycles. The minimum atomic E-state index is 0. The molecule has 0 unspecified atom stereocenters. The minimum absolute atomic E-state index is 0. The molecule has 0 amide bonds. The monoisotopic (exact) mass is 545 g/mol. The summed E-state index contributed by atoms with van der Waals surface area (Å²) < 4.78 is 10.9. The van der Waals surface area contributed by atoms with Crippen molar-refractivity contribution in [3.8, 4) is 11.5 Å². The molecule has 1 aromatic heterocycles. The van der Waals surface area contributed by atoms with Crippen molar-refractivity contribution in [2.24, 2.45) is 4.99 Å². The number of aliphatic imine (C=N–C) groups is 1. The van der Waals surface area contributed by atoms with Crippen LogP contribution >= 0.6 is 35.3 Å². The lowest BCUT2D eigenvalue weighted by Crippen LogP contribution is -2.52. The number of hydrogen-bond acceptors (Lipinski definition) is 6. The molecular formula is C21H32IN5O2S. The van der Waals surface area contributed by atoms with Crippen LogP contribution in [-0.2, 0) is 19.5 Å². The number of hydrogen-bond donors (Lipinski definition) is 1. The van der Waals surface area contributed by atoms with Crippen molar-refractivity contribution in [3.05, 3.63) is 39.8 Å². The second kappa shape index (κ2) is 12.3. The molecule has 0 radical (unpaired) electrons. The molecule has 1 N–H and O–H groups in total. The van der Waals surface area contributed by atoms with E-state index in [1.165, 1.54) is 4.88 Å². The molecule has 1 aliphatic rings. The Balaban J connectivity index is 0.00000320. The number of guanidine groups is 1. The Morgan fingerprint density at radius 3 is 2.57 bits per heavy atom. The Morgan fingerprint density at radius 1 is 1.20 bits per heavy atom. The molecule has 0 atom stereocenters. The van der Waals surface area contributed by atoms with Gasteiger partial charge in [-0.25, -0.2) is 4.98 Å². The molecule has 2 aromatic rings. The number of nitrogens with one attached hydrogen (secondary N) is 1. The van der Waals surface area contributed by atoms with Crippen molar-refractivity contribution < 1.29 is 9.47 Å². The number of benzene rings is 1. The molecule has 2 heterocycles. The second-order valence-corrected chi connectivity index (χ2v) is 8.12. The molecule has 7 nitrogen and oxygen atoms in total. The highest BCUT2D eigenvalue weighted by Crippen LogP contribution is 2.25. The van der Waals surface area contributed by atoms with E-state index in [9.17, 15) is 0 Å². The lowest BCUT2D eigenvalue weighted by atomic mass is 10.1. The highest BCUT2D eigenvalue weighted by molar-refractivity contribution is 14.0. The summed E-state index contributed by atoms with van der Waals surface area (Å²) >= 11 is 1.76. The zero-order valence-electron chi connectivity index (χ0n) is 18.2. The largest absolute Gasteiger partial charge is 0.497 e. The Bertz CT molecular complexity index is 821. The number of rotatable bonds is 7. The topological polar surface area (TPSA) is 62.2 Å². The van der Waals surface area contributed by atoms with Gasteiger partial charge in [0.2, 0.25) is 0 Å². The average Bonchev–Trinajstić information content (AvgIpc) is 3.23. The summed E-state index contributed by atoms with van der Waals surface area (Å²) in [6.07, 6.45) is 3.00. The first-order chi connectivity index (χ1) is 14.2. The standard InChI is InChI=1S/C21H31N5O2S.HI/c1-5-18-13-23-20(29-18)14-24-21(22-2)26-10-8-25(9-11-26)15-16-12-17(27-3)6-7-19(16)28-4;/h6-7,12-13H,5,8-11,14-15H2,1-4H3,(H,22,24);1H. The van der Waals surface area contributed by atoms with Gasteiger partial charge in [0, 0.05) is 56.4 Å². The highest BCUT2D eigenvalue weighted by atomic mass is 127. The summed E-state index contributed by atoms with van der Waals surface area (Å²) in [6, 6.07) is 5.96. The fourth-order valence-electron chi connectivity index (χ4n) is 3.44. The zero-order valence-corrected chi connectivity index (χ0v) is 21.3. The summed E-state index contributed by atoms with van der Waals surface area (Å²) in [5.41, 5.74) is 1.15. The third-order valence-electron chi connectivity index (χ3n) is 5.11. The van der Waals surface area contributed by atoms with Gasteiger partial charge in [0.05, 0.1) is 20.8 Å². The molecule has 30 heavy (non-hydrogen) atoms. The molecule has 3 rings (SSSR count). The molecule has 166 valence electrons. The number of thiazole rings is 1. The van der Waals surface area contributed by atoms with Gasteiger partial charge < -0.3 is 19.7 Å². The van der Waals surface area contributed by atoms with Gasteiger partial charge in [-0.2, -0.15) is 0 Å². The first-order valence-electron chi connectivity index (χ1n) is 9.99. The third-order valence-corrected chi connectivity index (χ3v) is 6.25. The van der Waals surface area contributed by atoms with E-state index < -0.39 is 0 Å². The van der Waals surface area contributed by atoms with Gasteiger partial charge in [-0.05, 0) is 24.6 Å². The van der Waals surface area contributed by atoms with Gasteiger partial charge in [-0.3, -0.25) is 9.89 Å². The van der Waals surface area contributed by atoms with E-state index in [1.807, 2.05) is 25.4 Å². The molecule has 1 aromatic carbocycles. The van der Waals surface area contributed by atoms with Gasteiger partial charge in [0.15, 0.2) is 5.96 Å². The van der Waals surface area contributed by atoms with Gasteiger partial charge in [-0.15, -0.1) is 35.3 Å². The molecule has 0 saturated carbocycles. The number of halogens is 1. The van der Waals surface area contributed by atoms with E-state index in [-0.39, 0.29) is 24.0 Å². The summed E-state index contributed by atoms with van der Waals surface area (Å²) in [5.74, 6) is 2.70. The average molecular weight is 545 g/mol. The Labute approximate surface area is 200 Å². The van der Waals surface area contributed by atoms with Crippen LogP contribution in [0.5, 0.6) is 11.5 Å². The van der Waals surface area contributed by atoms with E-state index in [0.29, 0.717) is 0 Å². The molecule has 0 spiro atoms. The zero-order chi connectivity index (χ0) is 20.6. The predicted octanol–water partition coefficient (Wildman–Crippen LogP) is 3.23. The normalized spacial score (nSPS) is 14.9. The van der Waals surface area contributed by atoms with Crippen molar-refractivity contribution in [1.82, 2.24) is 20.1 Å².